The van der Waals surface area contributed by atoms with Gasteiger partial charge in [0.1, 0.15) is 0 Å². The summed E-state index contributed by atoms with van der Waals surface area (Å²) in [5.41, 5.74) is 5.50. The first-order chi connectivity index (χ1) is 6.74. The Balaban J connectivity index is 3.57. The van der Waals surface area contributed by atoms with Crippen LogP contribution in [-0.4, -0.2) is 56.1 Å². The molecule has 3 nitrogen and oxygen atoms in total. The zero-order valence-electron chi connectivity index (χ0n) is 10.1. The molecule has 0 aliphatic carbocycles. The topological polar surface area (TPSA) is 32.5 Å². The van der Waals surface area contributed by atoms with Crippen LogP contribution in [0.25, 0.3) is 0 Å². The van der Waals surface area contributed by atoms with Crippen LogP contribution in [0.5, 0.6) is 0 Å². The maximum Gasteiger partial charge on any atom is 0.0109 e. The van der Waals surface area contributed by atoms with Crippen molar-refractivity contribution in [3.8, 4) is 0 Å². The van der Waals surface area contributed by atoms with Gasteiger partial charge in [-0.15, -0.1) is 0 Å². The smallest absolute Gasteiger partial charge is 0.0109 e. The van der Waals surface area contributed by atoms with Crippen LogP contribution in [0.15, 0.2) is 0 Å². The van der Waals surface area contributed by atoms with Crippen molar-refractivity contribution in [2.24, 2.45) is 5.73 Å². The summed E-state index contributed by atoms with van der Waals surface area (Å²) in [5, 5.41) is 0. The maximum atomic E-state index is 5.50. The van der Waals surface area contributed by atoms with Crippen LogP contribution in [0.4, 0.5) is 0 Å². The summed E-state index contributed by atoms with van der Waals surface area (Å²) in [6.45, 7) is 11.0. The standard InChI is InChI=1S/C11H27N3/c1-4-7-14(8-5-2)11-10-13(3)9-6-12/h4-12H2,1-3H3. The molecule has 0 aliphatic heterocycles. The largest absolute Gasteiger partial charge is 0.329 e. The lowest BCUT2D eigenvalue weighted by Gasteiger charge is -2.24. The van der Waals surface area contributed by atoms with Crippen molar-refractivity contribution in [1.29, 1.82) is 0 Å². The quantitative estimate of drug-likeness (QED) is 0.604. The molecular formula is C11H27N3. The van der Waals surface area contributed by atoms with Crippen molar-refractivity contribution >= 4 is 0 Å². The normalized spacial score (nSPS) is 11.6. The van der Waals surface area contributed by atoms with Gasteiger partial charge in [0.25, 0.3) is 0 Å². The van der Waals surface area contributed by atoms with E-state index in [-0.39, 0.29) is 0 Å². The molecule has 3 heteroatoms. The minimum absolute atomic E-state index is 0.762. The van der Waals surface area contributed by atoms with Gasteiger partial charge in [0.2, 0.25) is 0 Å². The van der Waals surface area contributed by atoms with Gasteiger partial charge < -0.3 is 15.5 Å². The summed E-state index contributed by atoms with van der Waals surface area (Å²) < 4.78 is 0. The van der Waals surface area contributed by atoms with Gasteiger partial charge in [-0.2, -0.15) is 0 Å². The van der Waals surface area contributed by atoms with E-state index in [0.29, 0.717) is 0 Å². The first kappa shape index (κ1) is 13.9. The summed E-state index contributed by atoms with van der Waals surface area (Å²) in [4.78, 5) is 4.84. The van der Waals surface area contributed by atoms with E-state index in [0.717, 1.165) is 19.6 Å². The van der Waals surface area contributed by atoms with E-state index in [1.54, 1.807) is 0 Å². The van der Waals surface area contributed by atoms with Gasteiger partial charge in [0, 0.05) is 26.2 Å². The van der Waals surface area contributed by atoms with Crippen molar-refractivity contribution < 1.29 is 0 Å². The van der Waals surface area contributed by atoms with Crippen LogP contribution in [0.1, 0.15) is 26.7 Å². The Morgan fingerprint density at radius 1 is 0.857 bits per heavy atom. The number of hydrogen-bond donors (Lipinski definition) is 1. The zero-order valence-corrected chi connectivity index (χ0v) is 10.1. The van der Waals surface area contributed by atoms with Crippen LogP contribution < -0.4 is 5.73 Å². The second-order valence-corrected chi connectivity index (χ2v) is 3.93. The van der Waals surface area contributed by atoms with Crippen molar-refractivity contribution in [1.82, 2.24) is 9.80 Å². The third-order valence-corrected chi connectivity index (χ3v) is 2.39. The molecule has 0 spiro atoms. The molecule has 0 bridgehead atoms. The average molecular weight is 201 g/mol. The SMILES string of the molecule is CCCN(CCC)CCN(C)CCN. The van der Waals surface area contributed by atoms with E-state index >= 15 is 0 Å². The lowest BCUT2D eigenvalue weighted by molar-refractivity contribution is 0.227. The van der Waals surface area contributed by atoms with Gasteiger partial charge in [-0.25, -0.2) is 0 Å². The number of hydrogen-bond acceptors (Lipinski definition) is 3. The second-order valence-electron chi connectivity index (χ2n) is 3.93. The molecule has 0 saturated heterocycles. The van der Waals surface area contributed by atoms with Gasteiger partial charge in [0.05, 0.1) is 0 Å². The number of likely N-dealkylation sites (N-methyl/N-ethyl adjacent to an activating group) is 1. The number of nitrogens with two attached hydrogens (primary N) is 1. The van der Waals surface area contributed by atoms with E-state index in [2.05, 4.69) is 30.7 Å². The van der Waals surface area contributed by atoms with E-state index in [4.69, 9.17) is 5.73 Å². The highest BCUT2D eigenvalue weighted by Crippen LogP contribution is 1.94. The first-order valence-electron chi connectivity index (χ1n) is 5.85. The molecule has 0 amide bonds. The molecule has 0 heterocycles. The van der Waals surface area contributed by atoms with E-state index in [1.165, 1.54) is 32.5 Å². The van der Waals surface area contributed by atoms with Crippen molar-refractivity contribution in [3.05, 3.63) is 0 Å². The summed E-state index contributed by atoms with van der Waals surface area (Å²) in [6.07, 6.45) is 2.50. The summed E-state index contributed by atoms with van der Waals surface area (Å²) in [5.74, 6) is 0. The third-order valence-electron chi connectivity index (χ3n) is 2.39. The van der Waals surface area contributed by atoms with E-state index < -0.39 is 0 Å². The Hall–Kier alpha value is -0.120. The van der Waals surface area contributed by atoms with Crippen molar-refractivity contribution in [3.63, 3.8) is 0 Å². The molecule has 0 rings (SSSR count). The highest BCUT2D eigenvalue weighted by molar-refractivity contribution is 4.60. The number of nitrogens with zero attached hydrogens (tertiary/aromatic N) is 2. The fourth-order valence-electron chi connectivity index (χ4n) is 1.61. The highest BCUT2D eigenvalue weighted by atomic mass is 15.2. The molecule has 0 saturated carbocycles. The molecule has 0 radical (unpaired) electrons. The molecule has 0 aromatic rings. The van der Waals surface area contributed by atoms with Crippen LogP contribution >= 0.6 is 0 Å². The van der Waals surface area contributed by atoms with Crippen molar-refractivity contribution in [2.45, 2.75) is 26.7 Å². The average Bonchev–Trinajstić information content (AvgIpc) is 2.15. The lowest BCUT2D eigenvalue weighted by Crippen LogP contribution is -2.36. The molecule has 2 N–H and O–H groups in total. The van der Waals surface area contributed by atoms with Gasteiger partial charge >= 0.3 is 0 Å². The van der Waals surface area contributed by atoms with Gasteiger partial charge in [0.15, 0.2) is 0 Å². The predicted molar refractivity (Wildman–Crippen MR) is 63.6 cm³/mol. The van der Waals surface area contributed by atoms with Crippen LogP contribution in [0, 0.1) is 0 Å². The maximum absolute atomic E-state index is 5.50. The monoisotopic (exact) mass is 201 g/mol. The highest BCUT2D eigenvalue weighted by Gasteiger charge is 2.03. The second kappa shape index (κ2) is 9.44. The molecule has 0 unspecified atom stereocenters. The Bertz CT molecular complexity index is 111. The van der Waals surface area contributed by atoms with Crippen LogP contribution in [0.2, 0.25) is 0 Å². The molecule has 86 valence electrons. The van der Waals surface area contributed by atoms with E-state index in [9.17, 15) is 0 Å². The summed E-state index contributed by atoms with van der Waals surface area (Å²) in [7, 11) is 2.14. The Labute approximate surface area is 89.2 Å². The summed E-state index contributed by atoms with van der Waals surface area (Å²) in [6, 6.07) is 0. The van der Waals surface area contributed by atoms with E-state index in [1.807, 2.05) is 0 Å². The number of rotatable bonds is 9. The van der Waals surface area contributed by atoms with Crippen molar-refractivity contribution in [2.75, 3.05) is 46.3 Å². The fourth-order valence-corrected chi connectivity index (χ4v) is 1.61. The molecule has 14 heavy (non-hydrogen) atoms. The molecule has 0 aliphatic rings. The Morgan fingerprint density at radius 3 is 1.86 bits per heavy atom. The minimum Gasteiger partial charge on any atom is -0.329 e. The van der Waals surface area contributed by atoms with Gasteiger partial charge in [-0.1, -0.05) is 13.8 Å². The predicted octanol–water partition coefficient (Wildman–Crippen LogP) is 0.999. The lowest BCUT2D eigenvalue weighted by atomic mass is 10.3. The first-order valence-corrected chi connectivity index (χ1v) is 5.85. The molecule has 0 fully saturated rings. The molecule has 0 atom stereocenters. The molecular weight excluding hydrogens is 174 g/mol. The Morgan fingerprint density at radius 2 is 1.43 bits per heavy atom. The Kier molecular flexibility index (Phi) is 9.35. The summed E-state index contributed by atoms with van der Waals surface area (Å²) >= 11 is 0. The van der Waals surface area contributed by atoms with Crippen LogP contribution in [-0.2, 0) is 0 Å². The van der Waals surface area contributed by atoms with Crippen LogP contribution in [0.3, 0.4) is 0 Å². The van der Waals surface area contributed by atoms with Gasteiger partial charge in [-0.3, -0.25) is 0 Å². The minimum atomic E-state index is 0.762. The fraction of sp³-hybridized carbons (Fsp3) is 1.00. The molecule has 0 aromatic carbocycles. The molecule has 0 aromatic heterocycles. The van der Waals surface area contributed by atoms with Gasteiger partial charge in [-0.05, 0) is 33.0 Å². The third kappa shape index (κ3) is 7.30. The zero-order chi connectivity index (χ0) is 10.8.